The molecule has 0 unspecified atom stereocenters. The predicted octanol–water partition coefficient (Wildman–Crippen LogP) is -0.602. The number of aromatic nitrogens is 2. The molecule has 2 heterocycles. The van der Waals surface area contributed by atoms with Gasteiger partial charge in [0.25, 0.3) is 10.0 Å². The molecular formula is C9H13N3O4S. The van der Waals surface area contributed by atoms with E-state index in [1.807, 2.05) is 0 Å². The van der Waals surface area contributed by atoms with Gasteiger partial charge in [0.1, 0.15) is 6.04 Å². The number of carbonyl (C=O) groups excluding carboxylic acids is 1. The lowest BCUT2D eigenvalue weighted by atomic mass is 10.2. The lowest BCUT2D eigenvalue weighted by Crippen LogP contribution is -2.24. The van der Waals surface area contributed by atoms with Gasteiger partial charge in [-0.2, -0.15) is 9.19 Å². The molecule has 0 bridgehead atoms. The summed E-state index contributed by atoms with van der Waals surface area (Å²) < 4.78 is 28.7. The quantitative estimate of drug-likeness (QED) is 0.729. The second-order valence-corrected chi connectivity index (χ2v) is 5.53. The first-order valence-electron chi connectivity index (χ1n) is 5.12. The molecule has 0 aromatic carbocycles. The first-order valence-corrected chi connectivity index (χ1v) is 6.97. The van der Waals surface area contributed by atoms with Crippen molar-refractivity contribution < 1.29 is 17.9 Å². The molecule has 0 aliphatic carbocycles. The third-order valence-electron chi connectivity index (χ3n) is 2.49. The van der Waals surface area contributed by atoms with Gasteiger partial charge >= 0.3 is 5.97 Å². The molecular weight excluding hydrogens is 246 g/mol. The Morgan fingerprint density at radius 3 is 3.00 bits per heavy atom. The molecule has 2 rings (SSSR count). The number of esters is 1. The van der Waals surface area contributed by atoms with Crippen molar-refractivity contribution >= 4 is 16.0 Å². The molecule has 0 saturated carbocycles. The van der Waals surface area contributed by atoms with Gasteiger partial charge in [0.2, 0.25) is 0 Å². The molecule has 0 amide bonds. The van der Waals surface area contributed by atoms with Crippen molar-refractivity contribution in [1.82, 2.24) is 14.5 Å². The summed E-state index contributed by atoms with van der Waals surface area (Å²) in [5.41, 5.74) is 1.06. The van der Waals surface area contributed by atoms with Gasteiger partial charge in [-0.3, -0.25) is 5.32 Å². The fourth-order valence-electron chi connectivity index (χ4n) is 1.81. The summed E-state index contributed by atoms with van der Waals surface area (Å²) in [6.45, 7) is 2.28. The van der Waals surface area contributed by atoms with Gasteiger partial charge in [-0.25, -0.2) is 13.2 Å². The fraction of sp³-hybridized carbons (Fsp3) is 0.556. The highest BCUT2D eigenvalue weighted by atomic mass is 32.2. The Bertz CT molecular complexity index is 549. The fourth-order valence-corrected chi connectivity index (χ4v) is 2.60. The number of carbonyl (C=O) groups is 1. The monoisotopic (exact) mass is 259 g/mol. The molecule has 7 nitrogen and oxygen atoms in total. The van der Waals surface area contributed by atoms with E-state index in [4.69, 9.17) is 4.74 Å². The first-order chi connectivity index (χ1) is 7.95. The first kappa shape index (κ1) is 12.1. The minimum Gasteiger partial charge on any atom is -0.465 e. The number of rotatable bonds is 3. The van der Waals surface area contributed by atoms with E-state index in [-0.39, 0.29) is 13.2 Å². The SMILES string of the molecule is CCOC(=O)[C@H]1NCc2c1cnn2S(C)(=O)=O. The van der Waals surface area contributed by atoms with E-state index >= 15 is 0 Å². The van der Waals surface area contributed by atoms with Crippen molar-refractivity contribution in [2.24, 2.45) is 0 Å². The van der Waals surface area contributed by atoms with Gasteiger partial charge in [0.15, 0.2) is 0 Å². The molecule has 17 heavy (non-hydrogen) atoms. The number of ether oxygens (including phenoxy) is 1. The Hall–Kier alpha value is -1.41. The zero-order chi connectivity index (χ0) is 12.6. The highest BCUT2D eigenvalue weighted by Crippen LogP contribution is 2.26. The van der Waals surface area contributed by atoms with E-state index in [0.29, 0.717) is 11.3 Å². The van der Waals surface area contributed by atoms with Crippen molar-refractivity contribution in [2.75, 3.05) is 12.9 Å². The minimum absolute atomic E-state index is 0.284. The van der Waals surface area contributed by atoms with Crippen LogP contribution in [0.4, 0.5) is 0 Å². The summed E-state index contributed by atoms with van der Waals surface area (Å²) in [6, 6.07) is -0.625. The molecule has 0 saturated heterocycles. The van der Waals surface area contributed by atoms with Crippen LogP contribution in [0.2, 0.25) is 0 Å². The maximum atomic E-state index is 11.6. The van der Waals surface area contributed by atoms with Crippen LogP contribution in [0.15, 0.2) is 6.20 Å². The molecule has 1 aromatic rings. The largest absolute Gasteiger partial charge is 0.465 e. The molecule has 1 aromatic heterocycles. The van der Waals surface area contributed by atoms with E-state index in [9.17, 15) is 13.2 Å². The number of nitrogens with zero attached hydrogens (tertiary/aromatic N) is 2. The molecule has 1 aliphatic heterocycles. The maximum Gasteiger partial charge on any atom is 0.327 e. The smallest absolute Gasteiger partial charge is 0.327 e. The van der Waals surface area contributed by atoms with Crippen molar-refractivity contribution in [3.05, 3.63) is 17.5 Å². The van der Waals surface area contributed by atoms with Crippen LogP contribution in [-0.2, 0) is 26.1 Å². The van der Waals surface area contributed by atoms with Crippen LogP contribution in [0.1, 0.15) is 24.2 Å². The normalized spacial score (nSPS) is 19.1. The topological polar surface area (TPSA) is 90.3 Å². The third kappa shape index (κ3) is 2.05. The van der Waals surface area contributed by atoms with Gasteiger partial charge in [0.05, 0.1) is 24.8 Å². The maximum absolute atomic E-state index is 11.6. The lowest BCUT2D eigenvalue weighted by molar-refractivity contribution is -0.145. The zero-order valence-electron chi connectivity index (χ0n) is 9.50. The van der Waals surface area contributed by atoms with Crippen LogP contribution in [-0.4, -0.2) is 36.4 Å². The van der Waals surface area contributed by atoms with Crippen LogP contribution < -0.4 is 5.32 Å². The Kier molecular flexibility index (Phi) is 2.92. The molecule has 1 atom stereocenters. The van der Waals surface area contributed by atoms with E-state index in [2.05, 4.69) is 10.4 Å². The second-order valence-electron chi connectivity index (χ2n) is 3.72. The number of nitrogens with one attached hydrogen (secondary N) is 1. The molecule has 1 N–H and O–H groups in total. The molecule has 8 heteroatoms. The Morgan fingerprint density at radius 1 is 1.71 bits per heavy atom. The third-order valence-corrected chi connectivity index (χ3v) is 3.43. The van der Waals surface area contributed by atoms with E-state index < -0.39 is 22.0 Å². The summed E-state index contributed by atoms with van der Waals surface area (Å²) >= 11 is 0. The van der Waals surface area contributed by atoms with Crippen LogP contribution in [0.25, 0.3) is 0 Å². The Morgan fingerprint density at radius 2 is 2.41 bits per heavy atom. The van der Waals surface area contributed by atoms with Gasteiger partial charge in [-0.05, 0) is 6.92 Å². The van der Waals surface area contributed by atoms with Crippen LogP contribution in [0.3, 0.4) is 0 Å². The Labute approximate surface area is 98.8 Å². The molecule has 1 aliphatic rings. The standard InChI is InChI=1S/C9H13N3O4S/c1-3-16-9(13)8-6-4-11-12(17(2,14)15)7(6)5-10-8/h4,8,10H,3,5H2,1-2H3/t8-/m0/s1. The van der Waals surface area contributed by atoms with Crippen LogP contribution in [0.5, 0.6) is 0 Å². The van der Waals surface area contributed by atoms with Crippen LogP contribution >= 0.6 is 0 Å². The number of hydrogen-bond donors (Lipinski definition) is 1. The summed E-state index contributed by atoms with van der Waals surface area (Å²) in [5, 5.41) is 6.68. The van der Waals surface area contributed by atoms with Gasteiger partial charge in [0, 0.05) is 12.1 Å². The number of hydrogen-bond acceptors (Lipinski definition) is 6. The summed E-state index contributed by atoms with van der Waals surface area (Å²) in [4.78, 5) is 11.6. The average Bonchev–Trinajstić information content (AvgIpc) is 2.74. The lowest BCUT2D eigenvalue weighted by Gasteiger charge is -2.08. The highest BCUT2D eigenvalue weighted by molar-refractivity contribution is 7.89. The molecule has 0 fully saturated rings. The molecule has 0 radical (unpaired) electrons. The Balaban J connectivity index is 2.35. The van der Waals surface area contributed by atoms with Crippen molar-refractivity contribution in [2.45, 2.75) is 19.5 Å². The van der Waals surface area contributed by atoms with Crippen LogP contribution in [0, 0.1) is 0 Å². The van der Waals surface area contributed by atoms with Crippen molar-refractivity contribution in [3.63, 3.8) is 0 Å². The van der Waals surface area contributed by atoms with Gasteiger partial charge < -0.3 is 4.74 Å². The summed E-state index contributed by atoms with van der Waals surface area (Å²) in [6.07, 6.45) is 2.45. The summed E-state index contributed by atoms with van der Waals surface area (Å²) in [7, 11) is -3.43. The number of fused-ring (bicyclic) bond motifs is 1. The van der Waals surface area contributed by atoms with E-state index in [1.165, 1.54) is 6.20 Å². The highest BCUT2D eigenvalue weighted by Gasteiger charge is 2.34. The van der Waals surface area contributed by atoms with Gasteiger partial charge in [-0.1, -0.05) is 0 Å². The van der Waals surface area contributed by atoms with Crippen molar-refractivity contribution in [1.29, 1.82) is 0 Å². The molecule has 0 spiro atoms. The second kappa shape index (κ2) is 4.11. The van der Waals surface area contributed by atoms with E-state index in [1.54, 1.807) is 6.92 Å². The predicted molar refractivity (Wildman–Crippen MR) is 58.7 cm³/mol. The average molecular weight is 259 g/mol. The molecule has 94 valence electrons. The van der Waals surface area contributed by atoms with Gasteiger partial charge in [-0.15, -0.1) is 0 Å². The van der Waals surface area contributed by atoms with E-state index in [0.717, 1.165) is 10.3 Å². The summed E-state index contributed by atoms with van der Waals surface area (Å²) in [5.74, 6) is -0.417. The van der Waals surface area contributed by atoms with Crippen molar-refractivity contribution in [3.8, 4) is 0 Å². The zero-order valence-corrected chi connectivity index (χ0v) is 10.3. The minimum atomic E-state index is -3.43.